The fourth-order valence-corrected chi connectivity index (χ4v) is 5.19. The number of halogens is 4. The molecule has 0 fully saturated rings. The maximum atomic E-state index is 13.5. The fraction of sp³-hybridized carbons (Fsp3) is 0.0417. The number of aromatic hydroxyl groups is 1. The SMILES string of the molecule is C.O=S(=O)([O-])c1ccc(Nc2cc(F)nc(F)n2)cc1N=Nc1c(SOO[O-])cc2cc(Nc3nc(Cl)nc(Cl)n3)ccc2c1O.[Na+].[Na+]. The molecule has 2 aromatic heterocycles. The Morgan fingerprint density at radius 1 is 0.896 bits per heavy atom. The normalized spacial score (nSPS) is 11.0. The molecule has 0 aliphatic carbocycles. The number of nitrogens with zero attached hydrogens (tertiary/aromatic N) is 7. The molecule has 0 bridgehead atoms. The number of phenolic OH excluding ortho intramolecular Hbond substituents is 1. The van der Waals surface area contributed by atoms with Crippen LogP contribution >= 0.6 is 35.2 Å². The molecule has 0 spiro atoms. The monoisotopic (exact) mass is 759 g/mol. The molecule has 24 heteroatoms. The zero-order valence-electron chi connectivity index (χ0n) is 23.5. The number of rotatable bonds is 10. The first-order chi connectivity index (χ1) is 21.4. The first-order valence-corrected chi connectivity index (χ1v) is 14.6. The molecule has 5 rings (SSSR count). The zero-order chi connectivity index (χ0) is 32.3. The molecule has 48 heavy (non-hydrogen) atoms. The molecule has 0 saturated heterocycles. The zero-order valence-corrected chi connectivity index (χ0v) is 30.6. The van der Waals surface area contributed by atoms with Crippen LogP contribution in [-0.2, 0) is 19.5 Å². The predicted octanol–water partition coefficient (Wildman–Crippen LogP) is -0.213. The van der Waals surface area contributed by atoms with Crippen molar-refractivity contribution in [3.63, 3.8) is 0 Å². The van der Waals surface area contributed by atoms with Gasteiger partial charge in [-0.3, -0.25) is 5.04 Å². The molecule has 0 unspecified atom stereocenters. The predicted molar refractivity (Wildman–Crippen MR) is 157 cm³/mol. The van der Waals surface area contributed by atoms with Crippen LogP contribution in [0.15, 0.2) is 68.6 Å². The number of azo groups is 1. The van der Waals surface area contributed by atoms with E-state index in [0.29, 0.717) is 23.1 Å². The van der Waals surface area contributed by atoms with Crippen molar-refractivity contribution in [3.05, 3.63) is 71.1 Å². The Labute approximate surface area is 328 Å². The summed E-state index contributed by atoms with van der Waals surface area (Å²) in [5.74, 6) is -2.01. The maximum absolute atomic E-state index is 13.5. The Morgan fingerprint density at radius 3 is 2.21 bits per heavy atom. The van der Waals surface area contributed by atoms with Gasteiger partial charge in [0.25, 0.3) is 0 Å². The molecule has 0 aliphatic rings. The topological polar surface area (TPSA) is 232 Å². The fourth-order valence-electron chi connectivity index (χ4n) is 3.74. The summed E-state index contributed by atoms with van der Waals surface area (Å²) in [4.78, 5) is 16.8. The summed E-state index contributed by atoms with van der Waals surface area (Å²) in [6.07, 6.45) is -1.38. The number of aromatic nitrogens is 5. The van der Waals surface area contributed by atoms with Gasteiger partial charge in [0, 0.05) is 22.8 Å². The third-order valence-electron chi connectivity index (χ3n) is 5.47. The van der Waals surface area contributed by atoms with Gasteiger partial charge < -0.3 is 25.6 Å². The Hall–Kier alpha value is -2.41. The van der Waals surface area contributed by atoms with Crippen molar-refractivity contribution < 1.29 is 101 Å². The van der Waals surface area contributed by atoms with E-state index in [1.807, 2.05) is 0 Å². The average molecular weight is 760 g/mol. The number of fused-ring (bicyclic) bond motifs is 1. The van der Waals surface area contributed by atoms with Crippen molar-refractivity contribution in [1.82, 2.24) is 24.9 Å². The Morgan fingerprint density at radius 2 is 1.56 bits per heavy atom. The van der Waals surface area contributed by atoms with Gasteiger partial charge in [-0.15, -0.1) is 10.2 Å². The summed E-state index contributed by atoms with van der Waals surface area (Å²) < 4.78 is 67.1. The number of benzene rings is 3. The van der Waals surface area contributed by atoms with Gasteiger partial charge in [-0.1, -0.05) is 7.43 Å². The molecule has 0 aliphatic heterocycles. The minimum absolute atomic E-state index is 0. The van der Waals surface area contributed by atoms with Crippen molar-refractivity contribution in [2.24, 2.45) is 10.2 Å². The van der Waals surface area contributed by atoms with E-state index in [2.05, 4.69) is 55.2 Å². The van der Waals surface area contributed by atoms with E-state index in [-0.39, 0.29) is 111 Å². The molecule has 5 aromatic rings. The number of nitrogens with one attached hydrogen (secondary N) is 2. The second-order valence-electron chi connectivity index (χ2n) is 8.36. The molecule has 0 saturated carbocycles. The Balaban J connectivity index is 0.00000267. The van der Waals surface area contributed by atoms with Crippen LogP contribution in [0.2, 0.25) is 10.6 Å². The van der Waals surface area contributed by atoms with E-state index in [0.717, 1.165) is 24.3 Å². The van der Waals surface area contributed by atoms with E-state index in [9.17, 15) is 32.1 Å². The molecular formula is C24H15Cl2F2N9Na2O7S2. The maximum Gasteiger partial charge on any atom is 1.00 e. The van der Waals surface area contributed by atoms with Gasteiger partial charge in [0.1, 0.15) is 27.3 Å². The van der Waals surface area contributed by atoms with Crippen LogP contribution in [0.3, 0.4) is 0 Å². The summed E-state index contributed by atoms with van der Waals surface area (Å²) in [5.41, 5.74) is -0.454. The van der Waals surface area contributed by atoms with Crippen molar-refractivity contribution in [1.29, 1.82) is 0 Å². The molecule has 2 heterocycles. The third kappa shape index (κ3) is 10.5. The third-order valence-corrected chi connectivity index (χ3v) is 7.30. The second-order valence-corrected chi connectivity index (χ2v) is 11.1. The van der Waals surface area contributed by atoms with Crippen LogP contribution in [0.25, 0.3) is 10.8 Å². The van der Waals surface area contributed by atoms with Crippen LogP contribution < -0.4 is 75.0 Å². The molecule has 3 N–H and O–H groups in total. The van der Waals surface area contributed by atoms with E-state index in [1.165, 1.54) is 18.2 Å². The quantitative estimate of drug-likeness (QED) is 0.0244. The van der Waals surface area contributed by atoms with E-state index >= 15 is 0 Å². The van der Waals surface area contributed by atoms with Gasteiger partial charge in [0.15, 0.2) is 5.75 Å². The van der Waals surface area contributed by atoms with E-state index in [4.69, 9.17) is 23.2 Å². The molecular weight excluding hydrogens is 745 g/mol. The first-order valence-electron chi connectivity index (χ1n) is 11.7. The summed E-state index contributed by atoms with van der Waals surface area (Å²) in [6, 6.07) is 9.70. The van der Waals surface area contributed by atoms with Crippen LogP contribution in [0.4, 0.5) is 43.3 Å². The standard InChI is InChI=1S/C23H13Cl2F2N9O7S2.CH4.2Na/c24-20-32-21(25)34-23(33-20)29-10-1-3-12-9(5-10)6-14(44-43-42-38)18(19(12)37)36-35-13-7-11(2-4-15(13)45(39,40)41)28-17-8-16(26)30-22(27)31-17;;;/h1-8,37-38H,(H,28,30,31)(H,39,40,41)(H,29,32,33,34);1H4;;/q;;2*+1/p-2. The van der Waals surface area contributed by atoms with Crippen LogP contribution in [0, 0.1) is 12.0 Å². The Bertz CT molecular complexity index is 2050. The molecule has 3 aromatic carbocycles. The van der Waals surface area contributed by atoms with E-state index in [1.54, 1.807) is 6.07 Å². The summed E-state index contributed by atoms with van der Waals surface area (Å²) in [5, 5.41) is 38.4. The molecule has 0 radical (unpaired) electrons. The van der Waals surface area contributed by atoms with Gasteiger partial charge in [-0.2, -0.15) is 38.0 Å². The summed E-state index contributed by atoms with van der Waals surface area (Å²) in [6.45, 7) is 0. The van der Waals surface area contributed by atoms with Gasteiger partial charge in [0.2, 0.25) is 22.5 Å². The van der Waals surface area contributed by atoms with Gasteiger partial charge in [0.05, 0.1) is 21.8 Å². The van der Waals surface area contributed by atoms with Crippen molar-refractivity contribution >= 4 is 90.7 Å². The molecule has 0 atom stereocenters. The van der Waals surface area contributed by atoms with Crippen molar-refractivity contribution in [2.75, 3.05) is 10.6 Å². The largest absolute Gasteiger partial charge is 1.00 e. The van der Waals surface area contributed by atoms with Crippen LogP contribution in [-0.4, -0.2) is 43.0 Å². The summed E-state index contributed by atoms with van der Waals surface area (Å²) in [7, 11) is -5.11. The smallest absolute Gasteiger partial charge is 0.744 e. The van der Waals surface area contributed by atoms with Gasteiger partial charge >= 0.3 is 65.2 Å². The van der Waals surface area contributed by atoms with Crippen molar-refractivity contribution in [3.8, 4) is 5.75 Å². The van der Waals surface area contributed by atoms with Gasteiger partial charge in [-0.05, 0) is 71.1 Å². The van der Waals surface area contributed by atoms with Crippen molar-refractivity contribution in [2.45, 2.75) is 17.2 Å². The minimum Gasteiger partial charge on any atom is -0.744 e. The molecule has 16 nitrogen and oxygen atoms in total. The van der Waals surface area contributed by atoms with Gasteiger partial charge in [-0.25, -0.2) is 8.42 Å². The van der Waals surface area contributed by atoms with Crippen LogP contribution in [0.1, 0.15) is 7.43 Å². The second kappa shape index (κ2) is 18.0. The first kappa shape index (κ1) is 41.8. The van der Waals surface area contributed by atoms with Crippen LogP contribution in [0.5, 0.6) is 5.75 Å². The average Bonchev–Trinajstić information content (AvgIpc) is 2.94. The molecule has 240 valence electrons. The molecule has 0 amide bonds. The number of phenols is 1. The van der Waals surface area contributed by atoms with E-state index < -0.39 is 38.5 Å². The summed E-state index contributed by atoms with van der Waals surface area (Å²) >= 11 is 11.9. The number of anilines is 4. The number of hydrogen-bond acceptors (Lipinski definition) is 17. The Kier molecular flexibility index (Phi) is 15.7. The minimum atomic E-state index is -5.11. The number of hydrogen-bond donors (Lipinski definition) is 3.